The summed E-state index contributed by atoms with van der Waals surface area (Å²) < 4.78 is 6.51. The van der Waals surface area contributed by atoms with E-state index in [1.54, 1.807) is 32.0 Å². The Kier molecular flexibility index (Phi) is 5.58. The predicted octanol–water partition coefficient (Wildman–Crippen LogP) is 3.99. The summed E-state index contributed by atoms with van der Waals surface area (Å²) in [6.45, 7) is 3.43. The maximum absolute atomic E-state index is 11.7. The van der Waals surface area contributed by atoms with E-state index in [-0.39, 0.29) is 26.3 Å². The molecule has 3 N–H and O–H groups in total. The number of hydrogen-bond donors (Lipinski definition) is 3. The second-order valence-electron chi connectivity index (χ2n) is 6.66. The van der Waals surface area contributed by atoms with Crippen molar-refractivity contribution in [2.75, 3.05) is 7.11 Å². The van der Waals surface area contributed by atoms with E-state index < -0.39 is 18.0 Å². The van der Waals surface area contributed by atoms with Crippen LogP contribution in [0.4, 0.5) is 5.69 Å². The number of methoxy groups -OCH3 is 1. The molecule has 1 aliphatic heterocycles. The van der Waals surface area contributed by atoms with Crippen molar-refractivity contribution in [1.82, 2.24) is 4.57 Å². The van der Waals surface area contributed by atoms with Gasteiger partial charge in [0.15, 0.2) is 9.67 Å². The zero-order valence-electron chi connectivity index (χ0n) is 15.7. The minimum Gasteiger partial charge on any atom is -0.497 e. The lowest BCUT2D eigenvalue weighted by Crippen LogP contribution is -2.23. The Hall–Kier alpha value is -2.98. The number of benzene rings is 1. The summed E-state index contributed by atoms with van der Waals surface area (Å²) >= 11 is 6.28. The molecule has 0 radical (unpaired) electrons. The summed E-state index contributed by atoms with van der Waals surface area (Å²) in [5, 5.41) is 29.8. The van der Waals surface area contributed by atoms with E-state index in [1.807, 2.05) is 0 Å². The Bertz CT molecular complexity index is 1130. The number of aliphatic carboxylic acids is 2. The summed E-state index contributed by atoms with van der Waals surface area (Å²) in [6.07, 6.45) is 1.47. The van der Waals surface area contributed by atoms with E-state index in [0.29, 0.717) is 22.6 Å². The van der Waals surface area contributed by atoms with Gasteiger partial charge in [-0.05, 0) is 36.3 Å². The molecule has 152 valence electrons. The third-order valence-electron chi connectivity index (χ3n) is 4.47. The molecule has 29 heavy (non-hydrogen) atoms. The van der Waals surface area contributed by atoms with Crippen LogP contribution in [0.2, 0.25) is 0 Å². The molecule has 1 aromatic carbocycles. The van der Waals surface area contributed by atoms with Crippen molar-refractivity contribution in [1.29, 1.82) is 0 Å². The molecule has 0 saturated carbocycles. The van der Waals surface area contributed by atoms with Crippen LogP contribution >= 0.6 is 23.6 Å². The van der Waals surface area contributed by atoms with Gasteiger partial charge in [-0.1, -0.05) is 13.8 Å². The quantitative estimate of drug-likeness (QED) is 0.588. The predicted molar refractivity (Wildman–Crippen MR) is 112 cm³/mol. The van der Waals surface area contributed by atoms with Crippen LogP contribution in [0, 0.1) is 9.87 Å². The lowest BCUT2D eigenvalue weighted by molar-refractivity contribution is -0.142. The number of aliphatic imine (C=N–C) groups is 1. The molecule has 0 fully saturated rings. The molecule has 1 aromatic heterocycles. The molecule has 2 heterocycles. The molecule has 8 nitrogen and oxygen atoms in total. The zero-order valence-corrected chi connectivity index (χ0v) is 17.4. The molecular formula is C19H18N2O6S2. The SMILES string of the molecule is COc1ccc2c(c1)N=C(C(=O)O)/C2=C/c1sc(=S)n(C(C(=O)O)C(C)C)c1O. The summed E-state index contributed by atoms with van der Waals surface area (Å²) in [6, 6.07) is 3.93. The minimum atomic E-state index is -1.22. The number of hydrogen-bond acceptors (Lipinski definition) is 7. The number of aromatic nitrogens is 1. The average Bonchev–Trinajstić information content (AvgIpc) is 3.14. The van der Waals surface area contributed by atoms with Crippen LogP contribution in [0.5, 0.6) is 11.6 Å². The lowest BCUT2D eigenvalue weighted by Gasteiger charge is -2.18. The first-order valence-corrected chi connectivity index (χ1v) is 9.77. The van der Waals surface area contributed by atoms with Crippen molar-refractivity contribution in [3.05, 3.63) is 32.6 Å². The average molecular weight is 434 g/mol. The number of aromatic hydroxyl groups is 1. The van der Waals surface area contributed by atoms with Gasteiger partial charge in [-0.25, -0.2) is 14.6 Å². The maximum Gasteiger partial charge on any atom is 0.355 e. The molecule has 0 bridgehead atoms. The molecule has 0 saturated heterocycles. The van der Waals surface area contributed by atoms with Gasteiger partial charge in [0.1, 0.15) is 11.8 Å². The molecule has 3 rings (SSSR count). The second kappa shape index (κ2) is 7.80. The molecule has 1 aliphatic rings. The van der Waals surface area contributed by atoms with Crippen LogP contribution in [0.3, 0.4) is 0 Å². The normalized spacial score (nSPS) is 15.3. The van der Waals surface area contributed by atoms with Gasteiger partial charge in [-0.15, -0.1) is 11.3 Å². The number of thiazole rings is 1. The first kappa shape index (κ1) is 20.7. The topological polar surface area (TPSA) is 121 Å². The van der Waals surface area contributed by atoms with Gasteiger partial charge in [0.2, 0.25) is 5.88 Å². The fourth-order valence-corrected chi connectivity index (χ4v) is 4.46. The van der Waals surface area contributed by atoms with Gasteiger partial charge in [-0.3, -0.25) is 4.57 Å². The van der Waals surface area contributed by atoms with Crippen LogP contribution in [0.15, 0.2) is 23.2 Å². The highest BCUT2D eigenvalue weighted by molar-refractivity contribution is 7.73. The highest BCUT2D eigenvalue weighted by atomic mass is 32.1. The van der Waals surface area contributed by atoms with E-state index >= 15 is 0 Å². The highest BCUT2D eigenvalue weighted by Crippen LogP contribution is 2.41. The lowest BCUT2D eigenvalue weighted by atomic mass is 10.0. The van der Waals surface area contributed by atoms with Crippen molar-refractivity contribution in [2.24, 2.45) is 10.9 Å². The fraction of sp³-hybridized carbons (Fsp3) is 0.263. The Labute approximate surface area is 175 Å². The summed E-state index contributed by atoms with van der Waals surface area (Å²) in [5.41, 5.74) is 1.11. The largest absolute Gasteiger partial charge is 0.497 e. The maximum atomic E-state index is 11.7. The molecule has 2 aromatic rings. The van der Waals surface area contributed by atoms with Crippen molar-refractivity contribution < 1.29 is 29.6 Å². The second-order valence-corrected chi connectivity index (χ2v) is 8.34. The van der Waals surface area contributed by atoms with Crippen LogP contribution < -0.4 is 4.74 Å². The summed E-state index contributed by atoms with van der Waals surface area (Å²) in [5.74, 6) is -2.45. The third kappa shape index (κ3) is 3.68. The number of fused-ring (bicyclic) bond motifs is 1. The van der Waals surface area contributed by atoms with Crippen LogP contribution in [0.1, 0.15) is 30.3 Å². The van der Waals surface area contributed by atoms with Crippen LogP contribution in [-0.4, -0.2) is 44.6 Å². The highest BCUT2D eigenvalue weighted by Gasteiger charge is 2.30. The molecular weight excluding hydrogens is 416 g/mol. The molecule has 0 spiro atoms. The van der Waals surface area contributed by atoms with Crippen molar-refractivity contribution in [3.63, 3.8) is 0 Å². The van der Waals surface area contributed by atoms with E-state index in [1.165, 1.54) is 17.8 Å². The molecule has 1 atom stereocenters. The Morgan fingerprint density at radius 3 is 2.55 bits per heavy atom. The fourth-order valence-electron chi connectivity index (χ4n) is 3.13. The Morgan fingerprint density at radius 2 is 2.00 bits per heavy atom. The summed E-state index contributed by atoms with van der Waals surface area (Å²) in [4.78, 5) is 27.8. The first-order chi connectivity index (χ1) is 13.6. The van der Waals surface area contributed by atoms with Gasteiger partial charge < -0.3 is 20.1 Å². The molecule has 1 unspecified atom stereocenters. The van der Waals surface area contributed by atoms with Crippen LogP contribution in [-0.2, 0) is 9.59 Å². The van der Waals surface area contributed by atoms with Gasteiger partial charge in [0.25, 0.3) is 0 Å². The number of carboxylic acids is 2. The van der Waals surface area contributed by atoms with E-state index in [4.69, 9.17) is 17.0 Å². The molecule has 0 amide bonds. The van der Waals surface area contributed by atoms with Gasteiger partial charge >= 0.3 is 11.9 Å². The van der Waals surface area contributed by atoms with Crippen molar-refractivity contribution >= 4 is 58.5 Å². The van der Waals surface area contributed by atoms with Gasteiger partial charge in [0.05, 0.1) is 17.7 Å². The summed E-state index contributed by atoms with van der Waals surface area (Å²) in [7, 11) is 1.50. The first-order valence-electron chi connectivity index (χ1n) is 8.55. The number of carbonyl (C=O) groups is 2. The third-order valence-corrected chi connectivity index (χ3v) is 5.80. The number of rotatable bonds is 6. The molecule has 10 heteroatoms. The number of carboxylic acid groups (broad SMARTS) is 2. The smallest absolute Gasteiger partial charge is 0.355 e. The van der Waals surface area contributed by atoms with E-state index in [0.717, 1.165) is 11.3 Å². The van der Waals surface area contributed by atoms with E-state index in [2.05, 4.69) is 4.99 Å². The Morgan fingerprint density at radius 1 is 1.31 bits per heavy atom. The zero-order chi connectivity index (χ0) is 21.5. The number of ether oxygens (including phenoxy) is 1. The van der Waals surface area contributed by atoms with Crippen LogP contribution in [0.25, 0.3) is 11.6 Å². The molecule has 0 aliphatic carbocycles. The van der Waals surface area contributed by atoms with Crippen molar-refractivity contribution in [3.8, 4) is 11.6 Å². The Balaban J connectivity index is 2.17. The van der Waals surface area contributed by atoms with Gasteiger partial charge in [0, 0.05) is 17.2 Å². The monoisotopic (exact) mass is 434 g/mol. The number of nitrogens with zero attached hydrogens (tertiary/aromatic N) is 2. The van der Waals surface area contributed by atoms with Gasteiger partial charge in [-0.2, -0.15) is 0 Å². The van der Waals surface area contributed by atoms with E-state index in [9.17, 15) is 24.9 Å². The standard InChI is InChI=1S/C19H18N2O6S2/c1-8(2)15(18(25)26)21-16(22)13(29-19(21)28)7-11-10-5-4-9(27-3)6-12(10)20-14(11)17(23)24/h4-8,15,22H,1-3H3,(H,23,24)(H,25,26)/b11-7+. The minimum absolute atomic E-state index is 0.178. The van der Waals surface area contributed by atoms with Crippen molar-refractivity contribution in [2.45, 2.75) is 19.9 Å².